The highest BCUT2D eigenvalue weighted by molar-refractivity contribution is 5.95. The fourth-order valence-electron chi connectivity index (χ4n) is 2.69. The predicted octanol–water partition coefficient (Wildman–Crippen LogP) is 1.36. The van der Waals surface area contributed by atoms with Gasteiger partial charge in [0.15, 0.2) is 5.78 Å². The number of Topliss-reactive ketones (excluding diaryl/α,β-unsaturated/α-hetero) is 1. The average Bonchev–Trinajstić information content (AvgIpc) is 2.39. The van der Waals surface area contributed by atoms with Crippen LogP contribution in [0.4, 0.5) is 5.69 Å². The molecule has 1 atom stereocenters. The van der Waals surface area contributed by atoms with Crippen LogP contribution in [0.1, 0.15) is 23.7 Å². The molecule has 2 N–H and O–H groups in total. The second-order valence-corrected chi connectivity index (χ2v) is 5.29. The summed E-state index contributed by atoms with van der Waals surface area (Å²) in [5.74, 6) is 0.117. The van der Waals surface area contributed by atoms with E-state index in [9.17, 15) is 4.79 Å². The summed E-state index contributed by atoms with van der Waals surface area (Å²) in [6.45, 7) is 5.37. The highest BCUT2D eigenvalue weighted by atomic mass is 16.1. The molecule has 0 radical (unpaired) electrons. The Hall–Kier alpha value is -1.39. The van der Waals surface area contributed by atoms with Crippen molar-refractivity contribution in [3.8, 4) is 0 Å². The van der Waals surface area contributed by atoms with Gasteiger partial charge in [-0.1, -0.05) is 12.1 Å². The predicted molar refractivity (Wildman–Crippen MR) is 78.7 cm³/mol. The number of benzene rings is 1. The monoisotopic (exact) mass is 261 g/mol. The van der Waals surface area contributed by atoms with Gasteiger partial charge in [-0.15, -0.1) is 0 Å². The Bertz CT molecular complexity index is 447. The highest BCUT2D eigenvalue weighted by Gasteiger charge is 2.24. The molecule has 0 saturated carbocycles. The Kier molecular flexibility index (Phi) is 4.56. The quantitative estimate of drug-likeness (QED) is 0.831. The Morgan fingerprint density at radius 2 is 2.21 bits per heavy atom. The number of carbonyl (C=O) groups is 1. The van der Waals surface area contributed by atoms with Crippen molar-refractivity contribution in [3.63, 3.8) is 0 Å². The van der Waals surface area contributed by atoms with Crippen LogP contribution in [0.3, 0.4) is 0 Å². The number of hydrogen-bond donors (Lipinski definition) is 1. The molecule has 0 aliphatic carbocycles. The highest BCUT2D eigenvalue weighted by Crippen LogP contribution is 2.23. The van der Waals surface area contributed by atoms with Gasteiger partial charge in [-0.2, -0.15) is 0 Å². The molecule has 19 heavy (non-hydrogen) atoms. The molecule has 1 aromatic carbocycles. The maximum absolute atomic E-state index is 11.5. The number of rotatable bonds is 4. The Morgan fingerprint density at radius 1 is 1.42 bits per heavy atom. The van der Waals surface area contributed by atoms with Crippen molar-refractivity contribution in [2.45, 2.75) is 19.4 Å². The maximum Gasteiger partial charge on any atom is 0.159 e. The molecule has 0 amide bonds. The first-order valence-corrected chi connectivity index (χ1v) is 6.88. The first-order chi connectivity index (χ1) is 9.11. The van der Waals surface area contributed by atoms with E-state index in [2.05, 4.69) is 22.9 Å². The molecule has 1 fully saturated rings. The van der Waals surface area contributed by atoms with Crippen molar-refractivity contribution in [2.75, 3.05) is 38.1 Å². The van der Waals surface area contributed by atoms with E-state index in [0.717, 1.165) is 37.3 Å². The third-order valence-electron chi connectivity index (χ3n) is 3.77. The average molecular weight is 261 g/mol. The summed E-state index contributed by atoms with van der Waals surface area (Å²) in [5.41, 5.74) is 7.64. The molecule has 1 heterocycles. The van der Waals surface area contributed by atoms with Gasteiger partial charge in [-0.25, -0.2) is 0 Å². The topological polar surface area (TPSA) is 49.6 Å². The van der Waals surface area contributed by atoms with Crippen LogP contribution in [-0.2, 0) is 0 Å². The second-order valence-electron chi connectivity index (χ2n) is 5.29. The van der Waals surface area contributed by atoms with Gasteiger partial charge in [0.05, 0.1) is 0 Å². The lowest BCUT2D eigenvalue weighted by Gasteiger charge is -2.41. The molecule has 0 bridgehead atoms. The van der Waals surface area contributed by atoms with Crippen molar-refractivity contribution in [1.82, 2.24) is 4.90 Å². The Labute approximate surface area is 115 Å². The van der Waals surface area contributed by atoms with E-state index in [1.165, 1.54) is 0 Å². The van der Waals surface area contributed by atoms with Gasteiger partial charge < -0.3 is 15.5 Å². The molecule has 0 aromatic heterocycles. The number of nitrogens with zero attached hydrogens (tertiary/aromatic N) is 2. The van der Waals surface area contributed by atoms with Gasteiger partial charge in [0, 0.05) is 36.9 Å². The lowest BCUT2D eigenvalue weighted by atomic mass is 10.1. The Balaban J connectivity index is 2.22. The van der Waals surface area contributed by atoms with Crippen LogP contribution in [0, 0.1) is 0 Å². The minimum Gasteiger partial charge on any atom is -0.366 e. The third-order valence-corrected chi connectivity index (χ3v) is 3.77. The Morgan fingerprint density at radius 3 is 2.89 bits per heavy atom. The van der Waals surface area contributed by atoms with Gasteiger partial charge in [-0.05, 0) is 39.1 Å². The first kappa shape index (κ1) is 14.0. The van der Waals surface area contributed by atoms with Crippen molar-refractivity contribution >= 4 is 11.5 Å². The summed E-state index contributed by atoms with van der Waals surface area (Å²) in [4.78, 5) is 16.2. The molecule has 4 nitrogen and oxygen atoms in total. The fourth-order valence-corrected chi connectivity index (χ4v) is 2.69. The zero-order chi connectivity index (χ0) is 13.8. The van der Waals surface area contributed by atoms with Crippen LogP contribution in [0.2, 0.25) is 0 Å². The number of hydrogen-bond acceptors (Lipinski definition) is 4. The van der Waals surface area contributed by atoms with E-state index in [4.69, 9.17) is 5.73 Å². The smallest absolute Gasteiger partial charge is 0.159 e. The summed E-state index contributed by atoms with van der Waals surface area (Å²) in [7, 11) is 2.15. The van der Waals surface area contributed by atoms with Crippen LogP contribution in [0.25, 0.3) is 0 Å². The fraction of sp³-hybridized carbons (Fsp3) is 0.533. The summed E-state index contributed by atoms with van der Waals surface area (Å²) in [6.07, 6.45) is 0.981. The molecule has 1 aliphatic heterocycles. The van der Waals surface area contributed by atoms with Crippen LogP contribution >= 0.6 is 0 Å². The maximum atomic E-state index is 11.5. The third kappa shape index (κ3) is 3.33. The van der Waals surface area contributed by atoms with Gasteiger partial charge in [-0.3, -0.25) is 4.79 Å². The van der Waals surface area contributed by atoms with Crippen molar-refractivity contribution in [1.29, 1.82) is 0 Å². The molecule has 0 spiro atoms. The SMILES string of the molecule is CC(=O)c1cccc(N2CCN(C)CC2CCN)c1. The van der Waals surface area contributed by atoms with E-state index in [1.807, 2.05) is 18.2 Å². The van der Waals surface area contributed by atoms with E-state index >= 15 is 0 Å². The standard InChI is InChI=1S/C15H23N3O/c1-12(19)13-4-3-5-14(10-13)18-9-8-17(2)11-15(18)6-7-16/h3-5,10,15H,6-9,11,16H2,1-2H3. The molecule has 1 saturated heterocycles. The van der Waals surface area contributed by atoms with Crippen molar-refractivity contribution in [3.05, 3.63) is 29.8 Å². The van der Waals surface area contributed by atoms with Crippen LogP contribution < -0.4 is 10.6 Å². The lowest BCUT2D eigenvalue weighted by Crippen LogP contribution is -2.52. The van der Waals surface area contributed by atoms with Gasteiger partial charge in [0.2, 0.25) is 0 Å². The molecular formula is C15H23N3O. The zero-order valence-corrected chi connectivity index (χ0v) is 11.8. The van der Waals surface area contributed by atoms with E-state index in [1.54, 1.807) is 6.92 Å². The summed E-state index contributed by atoms with van der Waals surface area (Å²) >= 11 is 0. The summed E-state index contributed by atoms with van der Waals surface area (Å²) in [6, 6.07) is 8.35. The molecule has 1 aliphatic rings. The van der Waals surface area contributed by atoms with Gasteiger partial charge in [0.1, 0.15) is 0 Å². The van der Waals surface area contributed by atoms with E-state index in [0.29, 0.717) is 12.6 Å². The van der Waals surface area contributed by atoms with Gasteiger partial charge >= 0.3 is 0 Å². The van der Waals surface area contributed by atoms with Crippen LogP contribution in [0.5, 0.6) is 0 Å². The van der Waals surface area contributed by atoms with Crippen molar-refractivity contribution in [2.24, 2.45) is 5.73 Å². The van der Waals surface area contributed by atoms with Crippen LogP contribution in [-0.4, -0.2) is 50.0 Å². The lowest BCUT2D eigenvalue weighted by molar-refractivity contribution is 0.101. The van der Waals surface area contributed by atoms with E-state index in [-0.39, 0.29) is 5.78 Å². The molecule has 1 unspecified atom stereocenters. The number of likely N-dealkylation sites (N-methyl/N-ethyl adjacent to an activating group) is 1. The number of carbonyl (C=O) groups excluding carboxylic acids is 1. The van der Waals surface area contributed by atoms with Gasteiger partial charge in [0.25, 0.3) is 0 Å². The molecule has 4 heteroatoms. The number of ketones is 1. The number of piperazine rings is 1. The normalized spacial score (nSPS) is 20.6. The number of anilines is 1. The van der Waals surface area contributed by atoms with Crippen molar-refractivity contribution < 1.29 is 4.79 Å². The summed E-state index contributed by atoms with van der Waals surface area (Å²) in [5, 5.41) is 0. The van der Waals surface area contributed by atoms with E-state index < -0.39 is 0 Å². The molecular weight excluding hydrogens is 238 g/mol. The minimum absolute atomic E-state index is 0.117. The number of nitrogens with two attached hydrogens (primary N) is 1. The minimum atomic E-state index is 0.117. The molecule has 1 aromatic rings. The first-order valence-electron chi connectivity index (χ1n) is 6.88. The zero-order valence-electron chi connectivity index (χ0n) is 11.8. The largest absolute Gasteiger partial charge is 0.366 e. The summed E-state index contributed by atoms with van der Waals surface area (Å²) < 4.78 is 0. The molecule has 104 valence electrons. The second kappa shape index (κ2) is 6.17. The molecule has 2 rings (SSSR count). The van der Waals surface area contributed by atoms with Crippen LogP contribution in [0.15, 0.2) is 24.3 Å².